The second kappa shape index (κ2) is 6.88. The Hall–Kier alpha value is -1.64. The maximum atomic E-state index is 5.63. The number of methoxy groups -OCH3 is 1. The molecule has 1 fully saturated rings. The predicted molar refractivity (Wildman–Crippen MR) is 86.3 cm³/mol. The van der Waals surface area contributed by atoms with E-state index in [1.807, 2.05) is 7.11 Å². The molecule has 2 nitrogen and oxygen atoms in total. The second-order valence-corrected chi connectivity index (χ2v) is 5.73. The molecule has 2 unspecified atom stereocenters. The molecule has 1 aliphatic carbocycles. The van der Waals surface area contributed by atoms with E-state index in [4.69, 9.17) is 4.74 Å². The molecule has 1 saturated carbocycles. The predicted octanol–water partition coefficient (Wildman–Crippen LogP) is 3.93. The average molecular weight is 281 g/mol. The van der Waals surface area contributed by atoms with E-state index in [2.05, 4.69) is 66.0 Å². The molecule has 0 bridgehead atoms. The van der Waals surface area contributed by atoms with Gasteiger partial charge in [-0.2, -0.15) is 0 Å². The van der Waals surface area contributed by atoms with Crippen LogP contribution in [0.3, 0.4) is 0 Å². The zero-order chi connectivity index (χ0) is 14.5. The summed E-state index contributed by atoms with van der Waals surface area (Å²) in [6.45, 7) is 0. The standard InChI is InChI=1S/C19H23NO/c1-21-18-14-8-13-17(18)20-19(15-9-4-2-5-10-15)16-11-6-3-7-12-16/h2-7,9-12,17-20H,8,13-14H2,1H3. The van der Waals surface area contributed by atoms with Gasteiger partial charge in [-0.05, 0) is 30.4 Å². The molecule has 0 spiro atoms. The summed E-state index contributed by atoms with van der Waals surface area (Å²) in [6, 6.07) is 22.0. The number of nitrogens with one attached hydrogen (secondary N) is 1. The average Bonchev–Trinajstić information content (AvgIpc) is 3.01. The van der Waals surface area contributed by atoms with Crippen LogP contribution in [0.5, 0.6) is 0 Å². The van der Waals surface area contributed by atoms with Gasteiger partial charge in [-0.1, -0.05) is 60.7 Å². The Labute approximate surface area is 127 Å². The van der Waals surface area contributed by atoms with Crippen LogP contribution in [0.1, 0.15) is 36.4 Å². The topological polar surface area (TPSA) is 21.3 Å². The molecule has 2 aromatic rings. The molecule has 0 aromatic heterocycles. The molecule has 0 radical (unpaired) electrons. The minimum Gasteiger partial charge on any atom is -0.380 e. The van der Waals surface area contributed by atoms with E-state index in [1.54, 1.807) is 0 Å². The molecular formula is C19H23NO. The van der Waals surface area contributed by atoms with Gasteiger partial charge in [0.2, 0.25) is 0 Å². The van der Waals surface area contributed by atoms with E-state index < -0.39 is 0 Å². The van der Waals surface area contributed by atoms with Crippen molar-refractivity contribution >= 4 is 0 Å². The smallest absolute Gasteiger partial charge is 0.0724 e. The van der Waals surface area contributed by atoms with Gasteiger partial charge in [0.15, 0.2) is 0 Å². The van der Waals surface area contributed by atoms with Gasteiger partial charge in [-0.25, -0.2) is 0 Å². The summed E-state index contributed by atoms with van der Waals surface area (Å²) >= 11 is 0. The van der Waals surface area contributed by atoms with Crippen LogP contribution in [-0.4, -0.2) is 19.3 Å². The highest BCUT2D eigenvalue weighted by Gasteiger charge is 2.29. The van der Waals surface area contributed by atoms with Gasteiger partial charge in [0, 0.05) is 13.2 Å². The lowest BCUT2D eigenvalue weighted by atomic mass is 9.97. The van der Waals surface area contributed by atoms with Crippen LogP contribution in [0, 0.1) is 0 Å². The molecule has 21 heavy (non-hydrogen) atoms. The van der Waals surface area contributed by atoms with Gasteiger partial charge in [-0.15, -0.1) is 0 Å². The summed E-state index contributed by atoms with van der Waals surface area (Å²) in [5, 5.41) is 3.82. The SMILES string of the molecule is COC1CCCC1NC(c1ccccc1)c1ccccc1. The van der Waals surface area contributed by atoms with E-state index in [0.717, 1.165) is 6.42 Å². The summed E-state index contributed by atoms with van der Waals surface area (Å²) in [7, 11) is 1.82. The summed E-state index contributed by atoms with van der Waals surface area (Å²) in [4.78, 5) is 0. The Balaban J connectivity index is 1.86. The number of benzene rings is 2. The Bertz CT molecular complexity index is 501. The lowest BCUT2D eigenvalue weighted by Crippen LogP contribution is -2.39. The van der Waals surface area contributed by atoms with Gasteiger partial charge >= 0.3 is 0 Å². The van der Waals surface area contributed by atoms with Crippen LogP contribution in [0.2, 0.25) is 0 Å². The third-order valence-corrected chi connectivity index (χ3v) is 4.40. The maximum absolute atomic E-state index is 5.63. The molecule has 2 heteroatoms. The van der Waals surface area contributed by atoms with Crippen molar-refractivity contribution in [3.63, 3.8) is 0 Å². The summed E-state index contributed by atoms with van der Waals surface area (Å²) in [6.07, 6.45) is 3.92. The third kappa shape index (κ3) is 3.34. The molecular weight excluding hydrogens is 258 g/mol. The fourth-order valence-electron chi connectivity index (χ4n) is 3.29. The van der Waals surface area contributed by atoms with Crippen LogP contribution in [0.25, 0.3) is 0 Å². The van der Waals surface area contributed by atoms with Gasteiger partial charge in [0.05, 0.1) is 12.1 Å². The van der Waals surface area contributed by atoms with Crippen molar-refractivity contribution in [2.24, 2.45) is 0 Å². The zero-order valence-corrected chi connectivity index (χ0v) is 12.5. The molecule has 0 saturated heterocycles. The van der Waals surface area contributed by atoms with Crippen LogP contribution in [0.4, 0.5) is 0 Å². The molecule has 0 aliphatic heterocycles. The largest absolute Gasteiger partial charge is 0.380 e. The molecule has 0 heterocycles. The van der Waals surface area contributed by atoms with Crippen LogP contribution in [-0.2, 0) is 4.74 Å². The van der Waals surface area contributed by atoms with Crippen LogP contribution in [0.15, 0.2) is 60.7 Å². The number of hydrogen-bond donors (Lipinski definition) is 1. The van der Waals surface area contributed by atoms with Crippen molar-refractivity contribution in [2.45, 2.75) is 37.5 Å². The first-order chi connectivity index (χ1) is 10.4. The minimum absolute atomic E-state index is 0.230. The van der Waals surface area contributed by atoms with Gasteiger partial charge in [-0.3, -0.25) is 0 Å². The first kappa shape index (κ1) is 14.3. The maximum Gasteiger partial charge on any atom is 0.0724 e. The zero-order valence-electron chi connectivity index (χ0n) is 12.5. The first-order valence-corrected chi connectivity index (χ1v) is 7.77. The molecule has 0 amide bonds. The highest BCUT2D eigenvalue weighted by molar-refractivity contribution is 5.31. The quantitative estimate of drug-likeness (QED) is 0.896. The molecule has 110 valence electrons. The van der Waals surface area contributed by atoms with E-state index in [9.17, 15) is 0 Å². The highest BCUT2D eigenvalue weighted by Crippen LogP contribution is 2.28. The van der Waals surface area contributed by atoms with Crippen LogP contribution < -0.4 is 5.32 Å². The molecule has 2 aromatic carbocycles. The Morgan fingerprint density at radius 3 is 2.00 bits per heavy atom. The normalized spacial score (nSPS) is 21.8. The lowest BCUT2D eigenvalue weighted by molar-refractivity contribution is 0.0828. The van der Waals surface area contributed by atoms with Crippen molar-refractivity contribution in [1.29, 1.82) is 0 Å². The monoisotopic (exact) mass is 281 g/mol. The highest BCUT2D eigenvalue weighted by atomic mass is 16.5. The second-order valence-electron chi connectivity index (χ2n) is 5.73. The summed E-state index contributed by atoms with van der Waals surface area (Å²) in [5.74, 6) is 0. The van der Waals surface area contributed by atoms with Crippen molar-refractivity contribution in [1.82, 2.24) is 5.32 Å². The summed E-state index contributed by atoms with van der Waals surface area (Å²) < 4.78 is 5.63. The fraction of sp³-hybridized carbons (Fsp3) is 0.368. The number of ether oxygens (including phenoxy) is 1. The molecule has 2 atom stereocenters. The minimum atomic E-state index is 0.230. The van der Waals surface area contributed by atoms with Crippen LogP contribution >= 0.6 is 0 Å². The van der Waals surface area contributed by atoms with Gasteiger partial charge in [0.1, 0.15) is 0 Å². The fourth-order valence-corrected chi connectivity index (χ4v) is 3.29. The van der Waals surface area contributed by atoms with Gasteiger partial charge < -0.3 is 10.1 Å². The Morgan fingerprint density at radius 1 is 0.905 bits per heavy atom. The summed E-state index contributed by atoms with van der Waals surface area (Å²) in [5.41, 5.74) is 2.62. The first-order valence-electron chi connectivity index (χ1n) is 7.77. The molecule has 1 aliphatic rings. The third-order valence-electron chi connectivity index (χ3n) is 4.40. The molecule has 1 N–H and O–H groups in total. The van der Waals surface area contributed by atoms with Crippen molar-refractivity contribution in [3.05, 3.63) is 71.8 Å². The van der Waals surface area contributed by atoms with Crippen molar-refractivity contribution < 1.29 is 4.74 Å². The Kier molecular flexibility index (Phi) is 4.69. The lowest BCUT2D eigenvalue weighted by Gasteiger charge is -2.27. The number of rotatable bonds is 5. The van der Waals surface area contributed by atoms with Crippen molar-refractivity contribution in [2.75, 3.05) is 7.11 Å². The Morgan fingerprint density at radius 2 is 1.48 bits per heavy atom. The van der Waals surface area contributed by atoms with E-state index >= 15 is 0 Å². The number of hydrogen-bond acceptors (Lipinski definition) is 2. The molecule has 3 rings (SSSR count). The van der Waals surface area contributed by atoms with E-state index in [-0.39, 0.29) is 6.04 Å². The van der Waals surface area contributed by atoms with E-state index in [0.29, 0.717) is 12.1 Å². The van der Waals surface area contributed by atoms with Gasteiger partial charge in [0.25, 0.3) is 0 Å². The van der Waals surface area contributed by atoms with Crippen molar-refractivity contribution in [3.8, 4) is 0 Å². The van der Waals surface area contributed by atoms with E-state index in [1.165, 1.54) is 24.0 Å².